The number of hydrogen-bond acceptors (Lipinski definition) is 3. The fourth-order valence-corrected chi connectivity index (χ4v) is 2.17. The van der Waals surface area contributed by atoms with Crippen molar-refractivity contribution in [3.63, 3.8) is 0 Å². The number of hydrogen-bond donors (Lipinski definition) is 1. The van der Waals surface area contributed by atoms with Gasteiger partial charge in [0, 0.05) is 6.54 Å². The molecule has 1 heterocycles. The number of rotatable bonds is 0. The van der Waals surface area contributed by atoms with Crippen LogP contribution in [-0.2, 0) is 0 Å². The minimum Gasteiger partial charge on any atom is -0.498 e. The molecule has 1 rings (SSSR count). The molecule has 14 heavy (non-hydrogen) atoms. The average Bonchev–Trinajstić information content (AvgIpc) is 2.01. The van der Waals surface area contributed by atoms with E-state index >= 15 is 0 Å². The van der Waals surface area contributed by atoms with Gasteiger partial charge < -0.3 is 15.2 Å². The second-order valence-electron chi connectivity index (χ2n) is 5.17. The third-order valence-corrected chi connectivity index (χ3v) is 3.21. The van der Waals surface area contributed by atoms with Crippen LogP contribution < -0.4 is 10.4 Å². The molecule has 1 fully saturated rings. The van der Waals surface area contributed by atoms with E-state index in [9.17, 15) is 9.90 Å². The summed E-state index contributed by atoms with van der Waals surface area (Å²) in [6.45, 7) is 9.85. The average molecular weight is 200 g/mol. The van der Waals surface area contributed by atoms with Crippen molar-refractivity contribution in [3.8, 4) is 0 Å². The normalized spacial score (nSPS) is 34.1. The van der Waals surface area contributed by atoms with Crippen LogP contribution in [-0.4, -0.2) is 41.8 Å². The highest BCUT2D eigenvalue weighted by molar-refractivity contribution is 5.55. The monoisotopic (exact) mass is 200 g/mol. The van der Waals surface area contributed by atoms with Crippen LogP contribution in [0.25, 0.3) is 0 Å². The van der Waals surface area contributed by atoms with Crippen molar-refractivity contribution in [2.24, 2.45) is 0 Å². The molecule has 0 bridgehead atoms. The Bertz CT molecular complexity index is 235. The molecule has 82 valence electrons. The van der Waals surface area contributed by atoms with Crippen LogP contribution in [0.5, 0.6) is 0 Å². The Kier molecular flexibility index (Phi) is 2.88. The Morgan fingerprint density at radius 3 is 2.36 bits per heavy atom. The van der Waals surface area contributed by atoms with Gasteiger partial charge >= 0.3 is 0 Å². The second kappa shape index (κ2) is 3.51. The van der Waals surface area contributed by atoms with Crippen molar-refractivity contribution in [2.45, 2.75) is 39.3 Å². The van der Waals surface area contributed by atoms with E-state index in [0.29, 0.717) is 13.1 Å². The largest absolute Gasteiger partial charge is 0.498 e. The molecule has 1 aliphatic heterocycles. The quantitative estimate of drug-likeness (QED) is 0.557. The predicted octanol–water partition coefficient (Wildman–Crippen LogP) is -0.0633. The lowest BCUT2D eigenvalue weighted by Crippen LogP contribution is -2.74. The summed E-state index contributed by atoms with van der Waals surface area (Å²) in [6.07, 6.45) is -0.953. The summed E-state index contributed by atoms with van der Waals surface area (Å²) in [7, 11) is 0. The summed E-state index contributed by atoms with van der Waals surface area (Å²) >= 11 is 0. The molecule has 1 aliphatic rings. The van der Waals surface area contributed by atoms with Gasteiger partial charge in [0.1, 0.15) is 6.54 Å². The number of carboxylic acid groups (broad SMARTS) is 1. The highest BCUT2D eigenvalue weighted by atomic mass is 16.4. The van der Waals surface area contributed by atoms with E-state index in [1.165, 1.54) is 0 Å². The number of carbonyl (C=O) groups is 1. The molecule has 0 radical (unpaired) electrons. The summed E-state index contributed by atoms with van der Waals surface area (Å²) in [6, 6.07) is 0.237. The lowest BCUT2D eigenvalue weighted by Gasteiger charge is -2.51. The number of piperazine rings is 1. The second-order valence-corrected chi connectivity index (χ2v) is 5.17. The van der Waals surface area contributed by atoms with Crippen molar-refractivity contribution < 1.29 is 14.4 Å². The number of nitrogens with one attached hydrogen (secondary N) is 1. The van der Waals surface area contributed by atoms with Crippen LogP contribution in [0.1, 0.15) is 27.7 Å². The summed E-state index contributed by atoms with van der Waals surface area (Å²) in [5.41, 5.74) is -0.296. The first-order chi connectivity index (χ1) is 6.29. The summed E-state index contributed by atoms with van der Waals surface area (Å²) < 4.78 is 0.0567. The SMILES string of the molecule is C[C@H]1C[N+](C(=O)[O-])(C(C)(C)C)CCN1. The van der Waals surface area contributed by atoms with Crippen LogP contribution in [0.4, 0.5) is 4.79 Å². The summed E-state index contributed by atoms with van der Waals surface area (Å²) in [5.74, 6) is 0. The first kappa shape index (κ1) is 11.5. The molecule has 0 aromatic rings. The number of nitrogens with zero attached hydrogens (tertiary/aromatic N) is 1. The molecular formula is C10H20N2O2. The van der Waals surface area contributed by atoms with Gasteiger partial charge in [0.25, 0.3) is 6.09 Å². The molecule has 1 N–H and O–H groups in total. The topological polar surface area (TPSA) is 52.2 Å². The highest BCUT2D eigenvalue weighted by Gasteiger charge is 2.45. The van der Waals surface area contributed by atoms with Gasteiger partial charge in [-0.25, -0.2) is 0 Å². The molecule has 0 aromatic carbocycles. The molecule has 1 amide bonds. The number of carbonyl (C=O) groups excluding carboxylic acids is 1. The first-order valence-electron chi connectivity index (χ1n) is 5.12. The van der Waals surface area contributed by atoms with Crippen molar-refractivity contribution in [1.82, 2.24) is 5.32 Å². The standard InChI is InChI=1S/C10H20N2O2/c1-8-7-12(9(13)14,6-5-11-8)10(2,3)4/h8,11H,5-7H2,1-4H3/t8-,12?/m0/s1. The van der Waals surface area contributed by atoms with Crippen LogP contribution in [0, 0.1) is 0 Å². The first-order valence-corrected chi connectivity index (χ1v) is 5.12. The lowest BCUT2D eigenvalue weighted by molar-refractivity contribution is -0.923. The fraction of sp³-hybridized carbons (Fsp3) is 0.900. The molecule has 4 heteroatoms. The molecule has 2 atom stereocenters. The maximum atomic E-state index is 11.3. The van der Waals surface area contributed by atoms with Crippen LogP contribution in [0.15, 0.2) is 0 Å². The Hall–Kier alpha value is -0.610. The van der Waals surface area contributed by atoms with Gasteiger partial charge in [-0.3, -0.25) is 4.48 Å². The van der Waals surface area contributed by atoms with Gasteiger partial charge in [-0.2, -0.15) is 0 Å². The Morgan fingerprint density at radius 2 is 2.07 bits per heavy atom. The van der Waals surface area contributed by atoms with E-state index in [-0.39, 0.29) is 16.1 Å². The zero-order valence-corrected chi connectivity index (χ0v) is 9.46. The molecule has 0 aliphatic carbocycles. The van der Waals surface area contributed by atoms with Crippen LogP contribution in [0.2, 0.25) is 0 Å². The fourth-order valence-electron chi connectivity index (χ4n) is 2.17. The van der Waals surface area contributed by atoms with Crippen molar-refractivity contribution in [2.75, 3.05) is 19.6 Å². The van der Waals surface area contributed by atoms with Gasteiger partial charge in [-0.05, 0) is 27.7 Å². The van der Waals surface area contributed by atoms with E-state index in [0.717, 1.165) is 6.54 Å². The Labute approximate surface area is 85.5 Å². The predicted molar refractivity (Wildman–Crippen MR) is 52.6 cm³/mol. The van der Waals surface area contributed by atoms with E-state index in [1.807, 2.05) is 27.7 Å². The molecule has 1 saturated heterocycles. The lowest BCUT2D eigenvalue weighted by atomic mass is 9.98. The third-order valence-electron chi connectivity index (χ3n) is 3.21. The smallest absolute Gasteiger partial charge is 0.257 e. The maximum absolute atomic E-state index is 11.3. The van der Waals surface area contributed by atoms with Gasteiger partial charge in [0.15, 0.2) is 0 Å². The molecule has 0 spiro atoms. The molecular weight excluding hydrogens is 180 g/mol. The van der Waals surface area contributed by atoms with Gasteiger partial charge in [-0.15, -0.1) is 0 Å². The Balaban J connectivity index is 2.98. The molecule has 4 nitrogen and oxygen atoms in total. The number of amides is 1. The van der Waals surface area contributed by atoms with Gasteiger partial charge in [0.2, 0.25) is 0 Å². The molecule has 1 unspecified atom stereocenters. The van der Waals surface area contributed by atoms with E-state index in [1.54, 1.807) is 0 Å². The maximum Gasteiger partial charge on any atom is 0.257 e. The molecule has 0 saturated carbocycles. The number of quaternary nitrogens is 1. The van der Waals surface area contributed by atoms with Gasteiger partial charge in [0.05, 0.1) is 18.1 Å². The highest BCUT2D eigenvalue weighted by Crippen LogP contribution is 2.26. The minimum absolute atomic E-state index is 0.0567. The van der Waals surface area contributed by atoms with Gasteiger partial charge in [-0.1, -0.05) is 0 Å². The van der Waals surface area contributed by atoms with Crippen molar-refractivity contribution in [1.29, 1.82) is 0 Å². The van der Waals surface area contributed by atoms with E-state index in [4.69, 9.17) is 0 Å². The van der Waals surface area contributed by atoms with Crippen molar-refractivity contribution in [3.05, 3.63) is 0 Å². The third kappa shape index (κ3) is 1.77. The Morgan fingerprint density at radius 1 is 1.50 bits per heavy atom. The van der Waals surface area contributed by atoms with Crippen molar-refractivity contribution >= 4 is 6.09 Å². The van der Waals surface area contributed by atoms with Crippen LogP contribution in [0.3, 0.4) is 0 Å². The van der Waals surface area contributed by atoms with Crippen LogP contribution >= 0.6 is 0 Å². The summed E-state index contributed by atoms with van der Waals surface area (Å²) in [5, 5.41) is 14.6. The molecule has 0 aromatic heterocycles. The zero-order valence-electron chi connectivity index (χ0n) is 9.46. The van der Waals surface area contributed by atoms with E-state index < -0.39 is 6.09 Å². The minimum atomic E-state index is -0.953. The summed E-state index contributed by atoms with van der Waals surface area (Å²) in [4.78, 5) is 11.3. The zero-order chi connectivity index (χ0) is 11.0. The van der Waals surface area contributed by atoms with E-state index in [2.05, 4.69) is 5.32 Å².